The highest BCUT2D eigenvalue weighted by molar-refractivity contribution is 6.06. The number of nitrogens with one attached hydrogen (secondary N) is 1. The molecule has 0 aliphatic carbocycles. The van der Waals surface area contributed by atoms with Gasteiger partial charge in [0.15, 0.2) is 0 Å². The van der Waals surface area contributed by atoms with Crippen LogP contribution in [-0.2, 0) is 0 Å². The second-order valence-electron chi connectivity index (χ2n) is 6.24. The first kappa shape index (κ1) is 16.1. The van der Waals surface area contributed by atoms with Gasteiger partial charge in [-0.3, -0.25) is 14.8 Å². The van der Waals surface area contributed by atoms with Crippen molar-refractivity contribution >= 4 is 16.8 Å². The lowest BCUT2D eigenvalue weighted by molar-refractivity contribution is 0.0941. The van der Waals surface area contributed by atoms with Gasteiger partial charge in [-0.05, 0) is 42.7 Å². The lowest BCUT2D eigenvalue weighted by atomic mass is 10.0. The van der Waals surface area contributed by atoms with Crippen LogP contribution in [0.1, 0.15) is 54.3 Å². The van der Waals surface area contributed by atoms with Gasteiger partial charge in [-0.2, -0.15) is 0 Å². The molecule has 1 aromatic carbocycles. The number of fused-ring (bicyclic) bond motifs is 1. The molecule has 3 aromatic rings. The number of amides is 1. The average molecular weight is 319 g/mol. The van der Waals surface area contributed by atoms with Crippen molar-refractivity contribution in [2.75, 3.05) is 0 Å². The number of rotatable bonds is 4. The number of hydrogen-bond donors (Lipinski definition) is 1. The highest BCUT2D eigenvalue weighted by atomic mass is 16.1. The molecule has 1 unspecified atom stereocenters. The Morgan fingerprint density at radius 1 is 1.04 bits per heavy atom. The van der Waals surface area contributed by atoms with E-state index in [2.05, 4.69) is 29.1 Å². The van der Waals surface area contributed by atoms with Crippen LogP contribution in [0.25, 0.3) is 10.9 Å². The molecule has 4 nitrogen and oxygen atoms in total. The molecule has 0 fully saturated rings. The molecule has 0 saturated heterocycles. The molecule has 24 heavy (non-hydrogen) atoms. The molecule has 1 atom stereocenters. The van der Waals surface area contributed by atoms with E-state index >= 15 is 0 Å². The molecule has 0 aliphatic rings. The van der Waals surface area contributed by atoms with Crippen molar-refractivity contribution in [2.24, 2.45) is 0 Å². The zero-order chi connectivity index (χ0) is 17.1. The quantitative estimate of drug-likeness (QED) is 0.782. The first-order valence-electron chi connectivity index (χ1n) is 8.16. The smallest absolute Gasteiger partial charge is 0.252 e. The van der Waals surface area contributed by atoms with Crippen LogP contribution in [0.15, 0.2) is 54.9 Å². The molecule has 0 spiro atoms. The summed E-state index contributed by atoms with van der Waals surface area (Å²) < 4.78 is 0. The van der Waals surface area contributed by atoms with E-state index in [1.165, 1.54) is 0 Å². The molecule has 0 bridgehead atoms. The summed E-state index contributed by atoms with van der Waals surface area (Å²) in [4.78, 5) is 21.5. The van der Waals surface area contributed by atoms with Crippen LogP contribution in [0.3, 0.4) is 0 Å². The van der Waals surface area contributed by atoms with Crippen molar-refractivity contribution in [3.63, 3.8) is 0 Å². The Hall–Kier alpha value is -2.75. The van der Waals surface area contributed by atoms with Crippen LogP contribution in [0.2, 0.25) is 0 Å². The van der Waals surface area contributed by atoms with Gasteiger partial charge in [0.2, 0.25) is 0 Å². The van der Waals surface area contributed by atoms with Crippen molar-refractivity contribution in [1.29, 1.82) is 0 Å². The van der Waals surface area contributed by atoms with Crippen LogP contribution < -0.4 is 5.32 Å². The molecule has 3 rings (SSSR count). The van der Waals surface area contributed by atoms with Gasteiger partial charge in [0.05, 0.1) is 17.1 Å². The predicted octanol–water partition coefficient (Wildman–Crippen LogP) is 4.24. The largest absolute Gasteiger partial charge is 0.345 e. The van der Waals surface area contributed by atoms with Crippen LogP contribution in [0.5, 0.6) is 0 Å². The van der Waals surface area contributed by atoms with Gasteiger partial charge in [0.25, 0.3) is 5.91 Å². The van der Waals surface area contributed by atoms with Gasteiger partial charge in [-0.1, -0.05) is 32.0 Å². The topological polar surface area (TPSA) is 54.9 Å². The summed E-state index contributed by atoms with van der Waals surface area (Å²) in [5.41, 5.74) is 3.48. The van der Waals surface area contributed by atoms with E-state index in [4.69, 9.17) is 0 Å². The van der Waals surface area contributed by atoms with Gasteiger partial charge in [-0.15, -0.1) is 0 Å². The minimum Gasteiger partial charge on any atom is -0.345 e. The minimum absolute atomic E-state index is 0.0835. The highest BCUT2D eigenvalue weighted by Gasteiger charge is 2.16. The monoisotopic (exact) mass is 319 g/mol. The summed E-state index contributed by atoms with van der Waals surface area (Å²) in [5, 5.41) is 3.95. The number of carbonyl (C=O) groups excluding carboxylic acids is 1. The summed E-state index contributed by atoms with van der Waals surface area (Å²) in [6.45, 7) is 6.14. The summed E-state index contributed by atoms with van der Waals surface area (Å²) >= 11 is 0. The first-order chi connectivity index (χ1) is 11.6. The number of carbonyl (C=O) groups is 1. The zero-order valence-electron chi connectivity index (χ0n) is 14.2. The lowest BCUT2D eigenvalue weighted by Gasteiger charge is -2.16. The maximum Gasteiger partial charge on any atom is 0.252 e. The zero-order valence-corrected chi connectivity index (χ0v) is 14.2. The second kappa shape index (κ2) is 6.79. The summed E-state index contributed by atoms with van der Waals surface area (Å²) in [5.74, 6) is 0.179. The first-order valence-corrected chi connectivity index (χ1v) is 8.16. The molecule has 122 valence electrons. The lowest BCUT2D eigenvalue weighted by Crippen LogP contribution is -2.27. The summed E-state index contributed by atoms with van der Waals surface area (Å²) in [7, 11) is 0. The molecule has 2 heterocycles. The van der Waals surface area contributed by atoms with E-state index in [0.717, 1.165) is 22.2 Å². The summed E-state index contributed by atoms with van der Waals surface area (Å²) in [6, 6.07) is 13.4. The number of nitrogens with zero attached hydrogens (tertiary/aromatic N) is 2. The Morgan fingerprint density at radius 3 is 2.46 bits per heavy atom. The Morgan fingerprint density at radius 2 is 1.75 bits per heavy atom. The Balaban J connectivity index is 1.97. The third kappa shape index (κ3) is 3.27. The van der Waals surface area contributed by atoms with E-state index in [1.807, 2.05) is 49.4 Å². The van der Waals surface area contributed by atoms with Crippen LogP contribution in [0.4, 0.5) is 0 Å². The van der Waals surface area contributed by atoms with Gasteiger partial charge in [-0.25, -0.2) is 0 Å². The van der Waals surface area contributed by atoms with Crippen molar-refractivity contribution < 1.29 is 4.79 Å². The van der Waals surface area contributed by atoms with Crippen molar-refractivity contribution in [1.82, 2.24) is 15.3 Å². The standard InChI is InChI=1S/C20H21N3O/c1-13(2)19-12-17(16-6-4-5-7-18(16)23-19)20(24)22-14(3)15-8-10-21-11-9-15/h4-14H,1-3H3,(H,22,24). The van der Waals surface area contributed by atoms with Crippen LogP contribution in [0, 0.1) is 0 Å². The molecule has 1 N–H and O–H groups in total. The number of para-hydroxylation sites is 1. The fourth-order valence-corrected chi connectivity index (χ4v) is 2.69. The SMILES string of the molecule is CC(C)c1cc(C(=O)NC(C)c2ccncc2)c2ccccc2n1. The number of benzene rings is 1. The Bertz CT molecular complexity index is 859. The van der Waals surface area contributed by atoms with E-state index in [0.29, 0.717) is 5.56 Å². The maximum atomic E-state index is 12.9. The number of hydrogen-bond acceptors (Lipinski definition) is 3. The maximum absolute atomic E-state index is 12.9. The molecular formula is C20H21N3O. The third-order valence-corrected chi connectivity index (χ3v) is 4.13. The van der Waals surface area contributed by atoms with Crippen LogP contribution >= 0.6 is 0 Å². The van der Waals surface area contributed by atoms with E-state index in [1.54, 1.807) is 12.4 Å². The fraction of sp³-hybridized carbons (Fsp3) is 0.250. The molecule has 1 amide bonds. The highest BCUT2D eigenvalue weighted by Crippen LogP contribution is 2.23. The van der Waals surface area contributed by atoms with Gasteiger partial charge in [0.1, 0.15) is 0 Å². The second-order valence-corrected chi connectivity index (χ2v) is 6.24. The predicted molar refractivity (Wildman–Crippen MR) is 96.0 cm³/mol. The number of aromatic nitrogens is 2. The fourth-order valence-electron chi connectivity index (χ4n) is 2.69. The Kier molecular flexibility index (Phi) is 4.56. The average Bonchev–Trinajstić information content (AvgIpc) is 2.61. The van der Waals surface area contributed by atoms with Crippen molar-refractivity contribution in [3.05, 3.63) is 71.7 Å². The van der Waals surface area contributed by atoms with E-state index in [-0.39, 0.29) is 17.9 Å². The summed E-state index contributed by atoms with van der Waals surface area (Å²) in [6.07, 6.45) is 3.47. The van der Waals surface area contributed by atoms with E-state index < -0.39 is 0 Å². The molecule has 2 aromatic heterocycles. The molecular weight excluding hydrogens is 298 g/mol. The normalized spacial score (nSPS) is 12.3. The molecule has 0 aliphatic heterocycles. The number of pyridine rings is 2. The molecule has 0 radical (unpaired) electrons. The third-order valence-electron chi connectivity index (χ3n) is 4.13. The minimum atomic E-state index is -0.0880. The van der Waals surface area contributed by atoms with Gasteiger partial charge < -0.3 is 5.32 Å². The molecule has 4 heteroatoms. The van der Waals surface area contributed by atoms with E-state index in [9.17, 15) is 4.79 Å². The van der Waals surface area contributed by atoms with Crippen molar-refractivity contribution in [3.8, 4) is 0 Å². The van der Waals surface area contributed by atoms with Crippen LogP contribution in [-0.4, -0.2) is 15.9 Å². The molecule has 0 saturated carbocycles. The van der Waals surface area contributed by atoms with Gasteiger partial charge in [0, 0.05) is 23.5 Å². The Labute approximate surface area is 142 Å². The van der Waals surface area contributed by atoms with Crippen molar-refractivity contribution in [2.45, 2.75) is 32.7 Å². The van der Waals surface area contributed by atoms with Gasteiger partial charge >= 0.3 is 0 Å².